The highest BCUT2D eigenvalue weighted by molar-refractivity contribution is 7.98. The highest BCUT2D eigenvalue weighted by Crippen LogP contribution is 2.01. The standard InChI is InChI=1S/C9H18O2S/c1-8(2)7-11-9(10)5-4-6-12-3/h8H,4-7H2,1-3H3. The number of carbonyl (C=O) groups excluding carboxylic acids is 1. The number of hydrogen-bond donors (Lipinski definition) is 0. The highest BCUT2D eigenvalue weighted by atomic mass is 32.2. The van der Waals surface area contributed by atoms with Gasteiger partial charge < -0.3 is 4.74 Å². The van der Waals surface area contributed by atoms with Crippen molar-refractivity contribution in [2.75, 3.05) is 18.6 Å². The quantitative estimate of drug-likeness (QED) is 0.475. The Balaban J connectivity index is 3.22. The van der Waals surface area contributed by atoms with Gasteiger partial charge in [-0.3, -0.25) is 4.79 Å². The molecule has 0 aliphatic rings. The van der Waals surface area contributed by atoms with Crippen molar-refractivity contribution in [2.45, 2.75) is 26.7 Å². The zero-order valence-corrected chi connectivity index (χ0v) is 8.95. The second-order valence-electron chi connectivity index (χ2n) is 3.17. The molecule has 0 saturated carbocycles. The number of hydrogen-bond acceptors (Lipinski definition) is 3. The Kier molecular flexibility index (Phi) is 7.36. The van der Waals surface area contributed by atoms with E-state index in [1.165, 1.54) is 0 Å². The first kappa shape index (κ1) is 11.8. The van der Waals surface area contributed by atoms with Crippen LogP contribution in [0.3, 0.4) is 0 Å². The van der Waals surface area contributed by atoms with Crippen LogP contribution in [0.5, 0.6) is 0 Å². The summed E-state index contributed by atoms with van der Waals surface area (Å²) in [6.45, 7) is 4.63. The van der Waals surface area contributed by atoms with E-state index in [4.69, 9.17) is 4.74 Å². The predicted octanol–water partition coefficient (Wildman–Crippen LogP) is 2.33. The van der Waals surface area contributed by atoms with Gasteiger partial charge in [0.1, 0.15) is 0 Å². The Bertz CT molecular complexity index is 124. The largest absolute Gasteiger partial charge is 0.465 e. The van der Waals surface area contributed by atoms with Crippen molar-refractivity contribution in [3.05, 3.63) is 0 Å². The van der Waals surface area contributed by atoms with Crippen LogP contribution >= 0.6 is 11.8 Å². The van der Waals surface area contributed by atoms with Crippen molar-refractivity contribution in [1.29, 1.82) is 0 Å². The third kappa shape index (κ3) is 7.92. The molecule has 0 spiro atoms. The van der Waals surface area contributed by atoms with Gasteiger partial charge in [0, 0.05) is 6.42 Å². The molecule has 0 aliphatic heterocycles. The summed E-state index contributed by atoms with van der Waals surface area (Å²) < 4.78 is 5.00. The first-order valence-corrected chi connectivity index (χ1v) is 5.70. The van der Waals surface area contributed by atoms with Gasteiger partial charge in [-0.05, 0) is 24.3 Å². The minimum Gasteiger partial charge on any atom is -0.465 e. The van der Waals surface area contributed by atoms with E-state index in [0.29, 0.717) is 18.9 Å². The van der Waals surface area contributed by atoms with Crippen LogP contribution in [0.4, 0.5) is 0 Å². The van der Waals surface area contributed by atoms with Crippen molar-refractivity contribution < 1.29 is 9.53 Å². The Morgan fingerprint density at radius 2 is 2.17 bits per heavy atom. The Hall–Kier alpha value is -0.180. The number of thioether (sulfide) groups is 1. The van der Waals surface area contributed by atoms with E-state index in [9.17, 15) is 4.79 Å². The van der Waals surface area contributed by atoms with Gasteiger partial charge in [0.2, 0.25) is 0 Å². The Morgan fingerprint density at radius 1 is 1.50 bits per heavy atom. The monoisotopic (exact) mass is 190 g/mol. The summed E-state index contributed by atoms with van der Waals surface area (Å²) in [5.41, 5.74) is 0. The van der Waals surface area contributed by atoms with Crippen LogP contribution in [0.15, 0.2) is 0 Å². The van der Waals surface area contributed by atoms with Crippen LogP contribution in [0, 0.1) is 5.92 Å². The van der Waals surface area contributed by atoms with Gasteiger partial charge in [0.05, 0.1) is 6.61 Å². The molecule has 0 aromatic heterocycles. The van der Waals surface area contributed by atoms with Crippen LogP contribution in [0.25, 0.3) is 0 Å². The first-order chi connectivity index (χ1) is 5.66. The van der Waals surface area contributed by atoms with Crippen molar-refractivity contribution in [3.63, 3.8) is 0 Å². The molecule has 0 unspecified atom stereocenters. The van der Waals surface area contributed by atoms with Crippen molar-refractivity contribution in [1.82, 2.24) is 0 Å². The maximum Gasteiger partial charge on any atom is 0.305 e. The Morgan fingerprint density at radius 3 is 2.67 bits per heavy atom. The lowest BCUT2D eigenvalue weighted by molar-refractivity contribution is -0.144. The molecule has 0 aliphatic carbocycles. The van der Waals surface area contributed by atoms with Gasteiger partial charge in [-0.15, -0.1) is 0 Å². The number of rotatable bonds is 6. The van der Waals surface area contributed by atoms with E-state index >= 15 is 0 Å². The molecule has 0 amide bonds. The lowest BCUT2D eigenvalue weighted by Crippen LogP contribution is -2.09. The van der Waals surface area contributed by atoms with Gasteiger partial charge in [-0.25, -0.2) is 0 Å². The average Bonchev–Trinajstić information content (AvgIpc) is 2.01. The molecule has 0 rings (SSSR count). The summed E-state index contributed by atoms with van der Waals surface area (Å²) in [5.74, 6) is 1.42. The van der Waals surface area contributed by atoms with E-state index in [0.717, 1.165) is 12.2 Å². The average molecular weight is 190 g/mol. The van der Waals surface area contributed by atoms with Crippen LogP contribution in [0.2, 0.25) is 0 Å². The van der Waals surface area contributed by atoms with Crippen LogP contribution < -0.4 is 0 Å². The van der Waals surface area contributed by atoms with Crippen molar-refractivity contribution in [2.24, 2.45) is 5.92 Å². The molecule has 0 heterocycles. The molecule has 0 N–H and O–H groups in total. The maximum absolute atomic E-state index is 11.0. The number of carbonyl (C=O) groups is 1. The summed E-state index contributed by atoms with van der Waals surface area (Å²) in [7, 11) is 0. The minimum atomic E-state index is -0.0576. The van der Waals surface area contributed by atoms with Gasteiger partial charge >= 0.3 is 5.97 Å². The minimum absolute atomic E-state index is 0.0576. The lowest BCUT2D eigenvalue weighted by atomic mass is 10.2. The molecule has 0 aromatic rings. The Labute approximate surface area is 79.1 Å². The van der Waals surface area contributed by atoms with Gasteiger partial charge in [-0.2, -0.15) is 11.8 Å². The molecule has 2 nitrogen and oxygen atoms in total. The molecule has 0 radical (unpaired) electrons. The predicted molar refractivity (Wildman–Crippen MR) is 53.4 cm³/mol. The second-order valence-corrected chi connectivity index (χ2v) is 4.16. The third-order valence-electron chi connectivity index (χ3n) is 1.31. The topological polar surface area (TPSA) is 26.3 Å². The van der Waals surface area contributed by atoms with Gasteiger partial charge in [0.15, 0.2) is 0 Å². The summed E-state index contributed by atoms with van der Waals surface area (Å²) in [6.07, 6.45) is 3.53. The van der Waals surface area contributed by atoms with E-state index in [1.54, 1.807) is 11.8 Å². The fourth-order valence-corrected chi connectivity index (χ4v) is 1.13. The molecule has 0 saturated heterocycles. The summed E-state index contributed by atoms with van der Waals surface area (Å²) >= 11 is 1.76. The van der Waals surface area contributed by atoms with Crippen molar-refractivity contribution >= 4 is 17.7 Å². The van der Waals surface area contributed by atoms with Gasteiger partial charge in [-0.1, -0.05) is 13.8 Å². The maximum atomic E-state index is 11.0. The van der Waals surface area contributed by atoms with Crippen LogP contribution in [-0.2, 0) is 9.53 Å². The SMILES string of the molecule is CSCCCC(=O)OCC(C)C. The van der Waals surface area contributed by atoms with E-state index in [2.05, 4.69) is 0 Å². The smallest absolute Gasteiger partial charge is 0.305 e. The highest BCUT2D eigenvalue weighted by Gasteiger charge is 2.02. The second kappa shape index (κ2) is 7.47. The molecule has 72 valence electrons. The van der Waals surface area contributed by atoms with Crippen molar-refractivity contribution in [3.8, 4) is 0 Å². The van der Waals surface area contributed by atoms with E-state index in [1.807, 2.05) is 20.1 Å². The molecular weight excluding hydrogens is 172 g/mol. The molecule has 0 fully saturated rings. The van der Waals surface area contributed by atoms with E-state index in [-0.39, 0.29) is 5.97 Å². The summed E-state index contributed by atoms with van der Waals surface area (Å²) in [5, 5.41) is 0. The third-order valence-corrected chi connectivity index (χ3v) is 2.00. The fraction of sp³-hybridized carbons (Fsp3) is 0.889. The number of esters is 1. The zero-order valence-electron chi connectivity index (χ0n) is 8.13. The molecule has 12 heavy (non-hydrogen) atoms. The zero-order chi connectivity index (χ0) is 9.40. The molecule has 0 bridgehead atoms. The number of ether oxygens (including phenoxy) is 1. The molecule has 0 atom stereocenters. The molecule has 0 aromatic carbocycles. The molecule has 3 heteroatoms. The van der Waals surface area contributed by atoms with Crippen LogP contribution in [0.1, 0.15) is 26.7 Å². The first-order valence-electron chi connectivity index (χ1n) is 4.31. The van der Waals surface area contributed by atoms with Crippen LogP contribution in [-0.4, -0.2) is 24.6 Å². The summed E-state index contributed by atoms with van der Waals surface area (Å²) in [6, 6.07) is 0. The van der Waals surface area contributed by atoms with Gasteiger partial charge in [0.25, 0.3) is 0 Å². The van der Waals surface area contributed by atoms with E-state index < -0.39 is 0 Å². The fourth-order valence-electron chi connectivity index (χ4n) is 0.693. The lowest BCUT2D eigenvalue weighted by Gasteiger charge is -2.06. The molecular formula is C9H18O2S. The summed E-state index contributed by atoms with van der Waals surface area (Å²) in [4.78, 5) is 11.0. The normalized spacial score (nSPS) is 10.3.